The van der Waals surface area contributed by atoms with Gasteiger partial charge in [-0.15, -0.1) is 0 Å². The van der Waals surface area contributed by atoms with Gasteiger partial charge in [-0.1, -0.05) is 24.3 Å². The van der Waals surface area contributed by atoms with Gasteiger partial charge in [0.25, 0.3) is 0 Å². The van der Waals surface area contributed by atoms with Crippen molar-refractivity contribution in [1.82, 2.24) is 4.90 Å². The van der Waals surface area contributed by atoms with E-state index in [1.165, 1.54) is 25.9 Å². The lowest BCUT2D eigenvalue weighted by atomic mass is 10.0. The smallest absolute Gasteiger partial charge is 0.194 e. The van der Waals surface area contributed by atoms with Gasteiger partial charge in [0.1, 0.15) is 11.5 Å². The number of hydrogen-bond acceptors (Lipinski definition) is 4. The molecule has 0 N–H and O–H groups in total. The van der Waals surface area contributed by atoms with Gasteiger partial charge in [0.2, 0.25) is 0 Å². The molecule has 0 radical (unpaired) electrons. The van der Waals surface area contributed by atoms with Crippen LogP contribution in [-0.2, 0) is 0 Å². The lowest BCUT2D eigenvalue weighted by molar-refractivity contribution is 0.104. The third kappa shape index (κ3) is 3.10. The number of carbonyl (C=O) groups excluding carboxylic acids is 1. The minimum Gasteiger partial charge on any atom is -0.493 e. The largest absolute Gasteiger partial charge is 0.493 e. The normalized spacial score (nSPS) is 15.8. The van der Waals surface area contributed by atoms with Gasteiger partial charge in [-0.3, -0.25) is 4.79 Å². The molecular weight excluding hydrogens is 326 g/mol. The number of ketones is 1. The van der Waals surface area contributed by atoms with Crippen molar-refractivity contribution < 1.29 is 14.3 Å². The van der Waals surface area contributed by atoms with E-state index in [1.54, 1.807) is 0 Å². The predicted molar refractivity (Wildman–Crippen MR) is 102 cm³/mol. The highest BCUT2D eigenvalue weighted by atomic mass is 16.5. The summed E-state index contributed by atoms with van der Waals surface area (Å²) in [5.74, 6) is 1.59. The summed E-state index contributed by atoms with van der Waals surface area (Å²) in [5, 5.41) is 0. The lowest BCUT2D eigenvalue weighted by Gasteiger charge is -2.16. The molecular formula is C22H25NO3. The van der Waals surface area contributed by atoms with E-state index in [0.29, 0.717) is 24.3 Å². The molecule has 4 nitrogen and oxygen atoms in total. The summed E-state index contributed by atoms with van der Waals surface area (Å²) in [6.07, 6.45) is 3.62. The first-order valence-corrected chi connectivity index (χ1v) is 9.58. The molecule has 1 aliphatic carbocycles. The monoisotopic (exact) mass is 351 g/mol. The maximum absolute atomic E-state index is 12.8. The zero-order valence-electron chi connectivity index (χ0n) is 15.3. The fourth-order valence-corrected chi connectivity index (χ4v) is 3.97. The van der Waals surface area contributed by atoms with E-state index in [0.717, 1.165) is 35.6 Å². The van der Waals surface area contributed by atoms with E-state index < -0.39 is 0 Å². The highest BCUT2D eigenvalue weighted by Gasteiger charge is 2.32. The molecule has 4 heteroatoms. The molecule has 0 atom stereocenters. The lowest BCUT2D eigenvalue weighted by Crippen LogP contribution is -2.21. The summed E-state index contributed by atoms with van der Waals surface area (Å²) < 4.78 is 11.9. The molecule has 1 aliphatic heterocycles. The zero-order chi connectivity index (χ0) is 17.9. The van der Waals surface area contributed by atoms with Gasteiger partial charge in [0, 0.05) is 28.8 Å². The van der Waals surface area contributed by atoms with Crippen LogP contribution in [0.25, 0.3) is 11.1 Å². The molecule has 2 aromatic rings. The number of carbonyl (C=O) groups is 1. The van der Waals surface area contributed by atoms with E-state index in [2.05, 4.69) is 4.90 Å². The van der Waals surface area contributed by atoms with Crippen molar-refractivity contribution in [3.63, 3.8) is 0 Å². The maximum atomic E-state index is 12.8. The quantitative estimate of drug-likeness (QED) is 0.599. The standard InChI is InChI=1S/C22H25NO3/c1-2-25-18-10-5-8-16-20(18)21-17(22(16)24)9-6-11-19(21)26-15-7-14-23-12-3-4-13-23/h5-6,8-11H,2-4,7,12-15H2,1H3. The van der Waals surface area contributed by atoms with E-state index in [9.17, 15) is 4.79 Å². The van der Waals surface area contributed by atoms with E-state index in [-0.39, 0.29) is 5.78 Å². The summed E-state index contributed by atoms with van der Waals surface area (Å²) in [5.41, 5.74) is 3.19. The van der Waals surface area contributed by atoms with Crippen molar-refractivity contribution in [3.05, 3.63) is 47.5 Å². The Kier molecular flexibility index (Phi) is 4.93. The SMILES string of the molecule is CCOc1cccc2c1-c1c(OCCCN3CCCC3)cccc1C2=O. The average molecular weight is 351 g/mol. The van der Waals surface area contributed by atoms with Crippen molar-refractivity contribution in [2.45, 2.75) is 26.2 Å². The highest BCUT2D eigenvalue weighted by Crippen LogP contribution is 2.47. The topological polar surface area (TPSA) is 38.8 Å². The van der Waals surface area contributed by atoms with Crippen LogP contribution in [0.15, 0.2) is 36.4 Å². The Morgan fingerprint density at radius 3 is 2.15 bits per heavy atom. The maximum Gasteiger partial charge on any atom is 0.194 e. The Morgan fingerprint density at radius 1 is 0.923 bits per heavy atom. The van der Waals surface area contributed by atoms with Crippen LogP contribution in [0.2, 0.25) is 0 Å². The van der Waals surface area contributed by atoms with E-state index in [1.807, 2.05) is 43.3 Å². The first kappa shape index (κ1) is 17.1. The molecule has 0 bridgehead atoms. The van der Waals surface area contributed by atoms with Gasteiger partial charge in [0.15, 0.2) is 5.78 Å². The number of rotatable bonds is 7. The minimum atomic E-state index is 0.0547. The first-order chi connectivity index (χ1) is 12.8. The molecule has 26 heavy (non-hydrogen) atoms. The second-order valence-corrected chi connectivity index (χ2v) is 6.87. The van der Waals surface area contributed by atoms with Gasteiger partial charge in [-0.2, -0.15) is 0 Å². The average Bonchev–Trinajstić information content (AvgIpc) is 3.27. The Bertz CT molecular complexity index is 809. The van der Waals surface area contributed by atoms with Crippen LogP contribution in [-0.4, -0.2) is 43.5 Å². The molecule has 136 valence electrons. The zero-order valence-corrected chi connectivity index (χ0v) is 15.3. The summed E-state index contributed by atoms with van der Waals surface area (Å²) >= 11 is 0. The summed E-state index contributed by atoms with van der Waals surface area (Å²) in [4.78, 5) is 15.3. The number of hydrogen-bond donors (Lipinski definition) is 0. The van der Waals surface area contributed by atoms with Crippen molar-refractivity contribution in [2.75, 3.05) is 32.8 Å². The van der Waals surface area contributed by atoms with Crippen LogP contribution in [0, 0.1) is 0 Å². The third-order valence-electron chi connectivity index (χ3n) is 5.17. The van der Waals surface area contributed by atoms with Crippen LogP contribution < -0.4 is 9.47 Å². The van der Waals surface area contributed by atoms with Crippen LogP contribution in [0.1, 0.15) is 42.1 Å². The summed E-state index contributed by atoms with van der Waals surface area (Å²) in [6, 6.07) is 11.4. The molecule has 4 rings (SSSR count). The molecule has 2 aromatic carbocycles. The molecule has 0 saturated carbocycles. The molecule has 1 saturated heterocycles. The fraction of sp³-hybridized carbons (Fsp3) is 0.409. The summed E-state index contributed by atoms with van der Waals surface area (Å²) in [6.45, 7) is 6.68. The van der Waals surface area contributed by atoms with Crippen LogP contribution in [0.5, 0.6) is 11.5 Å². The minimum absolute atomic E-state index is 0.0547. The Balaban J connectivity index is 1.57. The fourth-order valence-electron chi connectivity index (χ4n) is 3.97. The molecule has 1 heterocycles. The van der Waals surface area contributed by atoms with Crippen molar-refractivity contribution in [3.8, 4) is 22.6 Å². The molecule has 0 spiro atoms. The second-order valence-electron chi connectivity index (χ2n) is 6.87. The van der Waals surface area contributed by atoms with Gasteiger partial charge >= 0.3 is 0 Å². The van der Waals surface area contributed by atoms with Crippen molar-refractivity contribution in [2.24, 2.45) is 0 Å². The van der Waals surface area contributed by atoms with Crippen molar-refractivity contribution in [1.29, 1.82) is 0 Å². The molecule has 0 amide bonds. The predicted octanol–water partition coefficient (Wildman–Crippen LogP) is 4.16. The number of likely N-dealkylation sites (tertiary alicyclic amines) is 1. The highest BCUT2D eigenvalue weighted by molar-refractivity contribution is 6.23. The third-order valence-corrected chi connectivity index (χ3v) is 5.17. The number of ether oxygens (including phenoxy) is 2. The van der Waals surface area contributed by atoms with Gasteiger partial charge in [0.05, 0.1) is 13.2 Å². The van der Waals surface area contributed by atoms with Crippen LogP contribution in [0.3, 0.4) is 0 Å². The van der Waals surface area contributed by atoms with Crippen molar-refractivity contribution >= 4 is 5.78 Å². The van der Waals surface area contributed by atoms with E-state index >= 15 is 0 Å². The summed E-state index contributed by atoms with van der Waals surface area (Å²) in [7, 11) is 0. The molecule has 1 fully saturated rings. The number of nitrogens with zero attached hydrogens (tertiary/aromatic N) is 1. The van der Waals surface area contributed by atoms with Gasteiger partial charge in [-0.05, 0) is 51.4 Å². The second kappa shape index (κ2) is 7.50. The van der Waals surface area contributed by atoms with Gasteiger partial charge in [-0.25, -0.2) is 0 Å². The Labute approximate surface area is 154 Å². The Morgan fingerprint density at radius 2 is 1.54 bits per heavy atom. The molecule has 2 aliphatic rings. The first-order valence-electron chi connectivity index (χ1n) is 9.58. The molecule has 0 aromatic heterocycles. The van der Waals surface area contributed by atoms with Gasteiger partial charge < -0.3 is 14.4 Å². The number of fused-ring (bicyclic) bond motifs is 3. The van der Waals surface area contributed by atoms with Crippen LogP contribution >= 0.6 is 0 Å². The molecule has 0 unspecified atom stereocenters. The van der Waals surface area contributed by atoms with E-state index in [4.69, 9.17) is 9.47 Å². The Hall–Kier alpha value is -2.33. The number of benzene rings is 2. The van der Waals surface area contributed by atoms with Crippen LogP contribution in [0.4, 0.5) is 0 Å².